The van der Waals surface area contributed by atoms with Gasteiger partial charge in [0.25, 0.3) is 5.69 Å². The van der Waals surface area contributed by atoms with Crippen molar-refractivity contribution in [2.45, 2.75) is 6.54 Å². The van der Waals surface area contributed by atoms with Gasteiger partial charge in [-0.1, -0.05) is 18.2 Å². The molecule has 2 heterocycles. The lowest BCUT2D eigenvalue weighted by atomic mass is 10.1. The lowest BCUT2D eigenvalue weighted by Crippen LogP contribution is -2.05. The molecule has 142 valence electrons. The van der Waals surface area contributed by atoms with Crippen molar-refractivity contribution in [3.63, 3.8) is 0 Å². The average Bonchev–Trinajstić information content (AvgIpc) is 3.10. The van der Waals surface area contributed by atoms with Gasteiger partial charge >= 0.3 is 0 Å². The highest BCUT2D eigenvalue weighted by Gasteiger charge is 2.18. The van der Waals surface area contributed by atoms with Crippen LogP contribution in [0.3, 0.4) is 0 Å². The van der Waals surface area contributed by atoms with E-state index in [2.05, 4.69) is 15.1 Å². The molecule has 0 bridgehead atoms. The molecule has 2 aromatic heterocycles. The summed E-state index contributed by atoms with van der Waals surface area (Å²) in [7, 11) is 0. The minimum absolute atomic E-state index is 0.0132. The Morgan fingerprint density at radius 1 is 1.21 bits per heavy atom. The van der Waals surface area contributed by atoms with E-state index in [1.54, 1.807) is 29.0 Å². The molecule has 0 spiro atoms. The van der Waals surface area contributed by atoms with Crippen molar-refractivity contribution in [1.29, 1.82) is 5.26 Å². The second-order valence-corrected chi connectivity index (χ2v) is 6.17. The fourth-order valence-electron chi connectivity index (χ4n) is 2.99. The number of nitro groups is 1. The Balaban J connectivity index is 1.80. The van der Waals surface area contributed by atoms with E-state index in [0.717, 1.165) is 5.56 Å². The summed E-state index contributed by atoms with van der Waals surface area (Å²) in [6, 6.07) is 12.3. The largest absolute Gasteiger partial charge is 0.368 e. The molecule has 4 aromatic rings. The molecule has 4 rings (SSSR count). The fourth-order valence-corrected chi connectivity index (χ4v) is 2.99. The molecule has 2 aromatic carbocycles. The fraction of sp³-hybridized carbons (Fsp3) is 0.0526. The second kappa shape index (κ2) is 6.97. The summed E-state index contributed by atoms with van der Waals surface area (Å²) in [6.45, 7) is 0.276. The summed E-state index contributed by atoms with van der Waals surface area (Å²) >= 11 is 0. The molecular weight excluding hydrogens is 377 g/mol. The number of anilines is 1. The summed E-state index contributed by atoms with van der Waals surface area (Å²) in [5, 5.41) is 24.6. The first-order chi connectivity index (χ1) is 14.0. The van der Waals surface area contributed by atoms with Crippen LogP contribution in [-0.2, 0) is 6.54 Å². The third kappa shape index (κ3) is 3.21. The van der Waals surface area contributed by atoms with Gasteiger partial charge < -0.3 is 5.73 Å². The van der Waals surface area contributed by atoms with E-state index in [-0.39, 0.29) is 35.0 Å². The van der Waals surface area contributed by atoms with E-state index < -0.39 is 10.7 Å². The summed E-state index contributed by atoms with van der Waals surface area (Å²) in [4.78, 5) is 18.7. The maximum absolute atomic E-state index is 14.7. The predicted molar refractivity (Wildman–Crippen MR) is 102 cm³/mol. The molecule has 0 radical (unpaired) electrons. The van der Waals surface area contributed by atoms with Gasteiger partial charge in [-0.05, 0) is 17.7 Å². The van der Waals surface area contributed by atoms with Crippen LogP contribution in [0.4, 0.5) is 16.0 Å². The van der Waals surface area contributed by atoms with Gasteiger partial charge in [0.2, 0.25) is 5.95 Å². The molecule has 29 heavy (non-hydrogen) atoms. The topological polar surface area (TPSA) is 137 Å². The second-order valence-electron chi connectivity index (χ2n) is 6.17. The lowest BCUT2D eigenvalue weighted by Gasteiger charge is -2.08. The van der Waals surface area contributed by atoms with Crippen molar-refractivity contribution in [2.75, 3.05) is 5.73 Å². The Hall–Kier alpha value is -4.39. The van der Waals surface area contributed by atoms with Crippen molar-refractivity contribution in [3.05, 3.63) is 75.7 Å². The maximum atomic E-state index is 14.7. The zero-order chi connectivity index (χ0) is 20.5. The molecular formula is C19H12FN7O2. The smallest absolute Gasteiger partial charge is 0.269 e. The minimum atomic E-state index is -0.697. The summed E-state index contributed by atoms with van der Waals surface area (Å²) in [6.07, 6.45) is 1.49. The number of nitriles is 1. The lowest BCUT2D eigenvalue weighted by molar-refractivity contribution is -0.384. The Labute approximate surface area is 163 Å². The van der Waals surface area contributed by atoms with Crippen LogP contribution in [0.1, 0.15) is 11.1 Å². The Kier molecular flexibility index (Phi) is 4.33. The number of nitrogens with two attached hydrogens (primary N) is 1. The van der Waals surface area contributed by atoms with Crippen LogP contribution in [0.25, 0.3) is 22.3 Å². The number of hydrogen-bond acceptors (Lipinski definition) is 7. The Morgan fingerprint density at radius 2 is 1.97 bits per heavy atom. The zero-order valence-corrected chi connectivity index (χ0v) is 14.8. The molecule has 0 unspecified atom stereocenters. The Bertz CT molecular complexity index is 1290. The number of nitro benzene ring substituents is 1. The number of fused-ring (bicyclic) bond motifs is 1. The third-order valence-electron chi connectivity index (χ3n) is 4.37. The van der Waals surface area contributed by atoms with Gasteiger partial charge in [0.1, 0.15) is 11.9 Å². The Morgan fingerprint density at radius 3 is 2.66 bits per heavy atom. The number of nitrogens with zero attached hydrogens (tertiary/aromatic N) is 6. The summed E-state index contributed by atoms with van der Waals surface area (Å²) in [5.74, 6) is -0.766. The number of benzene rings is 2. The minimum Gasteiger partial charge on any atom is -0.368 e. The number of aromatic nitrogens is 4. The van der Waals surface area contributed by atoms with Gasteiger partial charge in [-0.3, -0.25) is 10.1 Å². The molecule has 0 saturated carbocycles. The van der Waals surface area contributed by atoms with Gasteiger partial charge in [-0.2, -0.15) is 15.3 Å². The molecule has 10 heteroatoms. The highest BCUT2D eigenvalue weighted by atomic mass is 19.1. The van der Waals surface area contributed by atoms with E-state index in [4.69, 9.17) is 11.0 Å². The highest BCUT2D eigenvalue weighted by molar-refractivity contribution is 5.91. The molecule has 0 aliphatic heterocycles. The molecule has 0 amide bonds. The average molecular weight is 389 g/mol. The quantitative estimate of drug-likeness (QED) is 0.418. The molecule has 0 fully saturated rings. The number of hydrogen-bond donors (Lipinski definition) is 1. The predicted octanol–water partition coefficient (Wildman–Crippen LogP) is 3.04. The number of nitrogen functional groups attached to an aromatic ring is 1. The summed E-state index contributed by atoms with van der Waals surface area (Å²) < 4.78 is 16.2. The monoisotopic (exact) mass is 389 g/mol. The summed E-state index contributed by atoms with van der Waals surface area (Å²) in [5.41, 5.74) is 7.21. The van der Waals surface area contributed by atoms with Crippen molar-refractivity contribution in [3.8, 4) is 17.3 Å². The van der Waals surface area contributed by atoms with Crippen molar-refractivity contribution >= 4 is 22.7 Å². The number of non-ortho nitro benzene ring substituents is 1. The molecule has 9 nitrogen and oxygen atoms in total. The van der Waals surface area contributed by atoms with Gasteiger partial charge in [-0.25, -0.2) is 14.1 Å². The standard InChI is InChI=1S/C19H12FN7O2/c20-16-12(8-21)2-1-3-14(16)17-15-9-23-26(18(15)25-19(22)24-17)10-11-4-6-13(7-5-11)27(28)29/h1-7,9H,10H2,(H2,22,24,25). The van der Waals surface area contributed by atoms with Crippen LogP contribution in [0.2, 0.25) is 0 Å². The van der Waals surface area contributed by atoms with Crippen molar-refractivity contribution in [1.82, 2.24) is 19.7 Å². The normalized spacial score (nSPS) is 10.8. The van der Waals surface area contributed by atoms with Crippen LogP contribution in [-0.4, -0.2) is 24.7 Å². The third-order valence-corrected chi connectivity index (χ3v) is 4.37. The van der Waals surface area contributed by atoms with E-state index in [9.17, 15) is 14.5 Å². The van der Waals surface area contributed by atoms with E-state index in [1.165, 1.54) is 30.5 Å². The first-order valence-corrected chi connectivity index (χ1v) is 8.39. The van der Waals surface area contributed by atoms with Gasteiger partial charge in [-0.15, -0.1) is 0 Å². The molecule has 2 N–H and O–H groups in total. The highest BCUT2D eigenvalue weighted by Crippen LogP contribution is 2.30. The number of rotatable bonds is 4. The molecule has 0 aliphatic rings. The van der Waals surface area contributed by atoms with Crippen LogP contribution in [0.5, 0.6) is 0 Å². The first kappa shape index (κ1) is 18.0. The first-order valence-electron chi connectivity index (χ1n) is 8.39. The van der Waals surface area contributed by atoms with Gasteiger partial charge in [0, 0.05) is 17.7 Å². The van der Waals surface area contributed by atoms with Gasteiger partial charge in [0.15, 0.2) is 5.65 Å². The number of halogens is 1. The van der Waals surface area contributed by atoms with E-state index in [0.29, 0.717) is 11.0 Å². The van der Waals surface area contributed by atoms with Crippen molar-refractivity contribution in [2.24, 2.45) is 0 Å². The molecule has 0 saturated heterocycles. The maximum Gasteiger partial charge on any atom is 0.269 e. The van der Waals surface area contributed by atoms with Crippen molar-refractivity contribution < 1.29 is 9.31 Å². The van der Waals surface area contributed by atoms with Crippen LogP contribution in [0, 0.1) is 27.3 Å². The van der Waals surface area contributed by atoms with Crippen LogP contribution >= 0.6 is 0 Å². The van der Waals surface area contributed by atoms with E-state index >= 15 is 0 Å². The van der Waals surface area contributed by atoms with E-state index in [1.807, 2.05) is 0 Å². The zero-order valence-electron chi connectivity index (χ0n) is 14.8. The SMILES string of the molecule is N#Cc1cccc(-c2nc(N)nc3c2cnn3Cc2ccc([N+](=O)[O-])cc2)c1F. The molecule has 0 atom stereocenters. The molecule has 0 aliphatic carbocycles. The van der Waals surface area contributed by atoms with Gasteiger partial charge in [0.05, 0.1) is 34.3 Å². The van der Waals surface area contributed by atoms with Crippen LogP contribution < -0.4 is 5.73 Å². The van der Waals surface area contributed by atoms with Crippen LogP contribution in [0.15, 0.2) is 48.7 Å².